The summed E-state index contributed by atoms with van der Waals surface area (Å²) in [5.41, 5.74) is 2.93. The first-order valence-electron chi connectivity index (χ1n) is 7.48. The molecule has 1 N–H and O–H groups in total. The highest BCUT2D eigenvalue weighted by atomic mass is 16.5. The highest BCUT2D eigenvalue weighted by molar-refractivity contribution is 5.76. The first-order chi connectivity index (χ1) is 11.1. The Morgan fingerprint density at radius 1 is 1.09 bits per heavy atom. The molecular formula is C18H20N2O3. The molecule has 2 aromatic carbocycles. The lowest BCUT2D eigenvalue weighted by molar-refractivity contribution is 0.185. The van der Waals surface area contributed by atoms with E-state index in [1.54, 1.807) is 21.1 Å². The van der Waals surface area contributed by atoms with Crippen molar-refractivity contribution in [3.63, 3.8) is 0 Å². The molecule has 5 heteroatoms. The van der Waals surface area contributed by atoms with Crippen LogP contribution in [0.25, 0.3) is 11.0 Å². The fourth-order valence-electron chi connectivity index (χ4n) is 2.74. The molecule has 1 aromatic heterocycles. The summed E-state index contributed by atoms with van der Waals surface area (Å²) < 4.78 is 12.7. The highest BCUT2D eigenvalue weighted by Crippen LogP contribution is 2.29. The fraction of sp³-hybridized carbons (Fsp3) is 0.278. The molecule has 0 saturated carbocycles. The van der Waals surface area contributed by atoms with Crippen molar-refractivity contribution in [2.75, 3.05) is 14.2 Å². The molecule has 3 aromatic rings. The monoisotopic (exact) mass is 312 g/mol. The van der Waals surface area contributed by atoms with Gasteiger partial charge in [0.25, 0.3) is 0 Å². The molecule has 0 aliphatic carbocycles. The summed E-state index contributed by atoms with van der Waals surface area (Å²) in [4.78, 5) is 4.54. The van der Waals surface area contributed by atoms with Crippen molar-refractivity contribution in [1.82, 2.24) is 9.55 Å². The summed E-state index contributed by atoms with van der Waals surface area (Å²) in [6.45, 7) is 2.33. The minimum absolute atomic E-state index is 0.598. The molecule has 5 nitrogen and oxygen atoms in total. The van der Waals surface area contributed by atoms with Gasteiger partial charge in [-0.05, 0) is 36.8 Å². The molecule has 0 aliphatic rings. The molecule has 0 saturated heterocycles. The van der Waals surface area contributed by atoms with Gasteiger partial charge in [-0.15, -0.1) is 0 Å². The largest absolute Gasteiger partial charge is 0.493 e. The first kappa shape index (κ1) is 15.4. The third-order valence-electron chi connectivity index (χ3n) is 3.85. The summed E-state index contributed by atoms with van der Waals surface area (Å²) in [7, 11) is 3.24. The van der Waals surface area contributed by atoms with Gasteiger partial charge < -0.3 is 19.1 Å². The van der Waals surface area contributed by atoms with E-state index < -0.39 is 6.10 Å². The van der Waals surface area contributed by atoms with Gasteiger partial charge >= 0.3 is 0 Å². The molecule has 23 heavy (non-hydrogen) atoms. The van der Waals surface area contributed by atoms with E-state index >= 15 is 0 Å². The second-order valence-electron chi connectivity index (χ2n) is 5.41. The Morgan fingerprint density at radius 2 is 1.83 bits per heavy atom. The van der Waals surface area contributed by atoms with Crippen LogP contribution in [-0.2, 0) is 6.54 Å². The van der Waals surface area contributed by atoms with Crippen molar-refractivity contribution in [2.45, 2.75) is 19.6 Å². The maximum absolute atomic E-state index is 10.0. The minimum atomic E-state index is -0.637. The SMILES string of the molecule is COc1ccc(Cn2c([C@H](C)O)nc3ccccc32)cc1OC. The number of nitrogens with zero attached hydrogens (tertiary/aromatic N) is 2. The number of hydrogen-bond donors (Lipinski definition) is 1. The van der Waals surface area contributed by atoms with Crippen LogP contribution < -0.4 is 9.47 Å². The van der Waals surface area contributed by atoms with Crippen molar-refractivity contribution >= 4 is 11.0 Å². The Bertz CT molecular complexity index is 824. The fourth-order valence-corrected chi connectivity index (χ4v) is 2.74. The maximum Gasteiger partial charge on any atom is 0.161 e. The lowest BCUT2D eigenvalue weighted by Gasteiger charge is -2.13. The van der Waals surface area contributed by atoms with Crippen LogP contribution in [0, 0.1) is 0 Å². The van der Waals surface area contributed by atoms with Gasteiger partial charge in [0.05, 0.1) is 25.3 Å². The number of para-hydroxylation sites is 2. The zero-order valence-corrected chi connectivity index (χ0v) is 13.5. The average Bonchev–Trinajstić information content (AvgIpc) is 2.94. The first-order valence-corrected chi connectivity index (χ1v) is 7.48. The average molecular weight is 312 g/mol. The van der Waals surface area contributed by atoms with Gasteiger partial charge in [0, 0.05) is 6.54 Å². The zero-order chi connectivity index (χ0) is 16.4. The number of rotatable bonds is 5. The van der Waals surface area contributed by atoms with Crippen molar-refractivity contribution in [2.24, 2.45) is 0 Å². The van der Waals surface area contributed by atoms with Crippen molar-refractivity contribution < 1.29 is 14.6 Å². The molecular weight excluding hydrogens is 292 g/mol. The van der Waals surface area contributed by atoms with E-state index in [1.807, 2.05) is 47.0 Å². The Morgan fingerprint density at radius 3 is 2.52 bits per heavy atom. The van der Waals surface area contributed by atoms with Crippen molar-refractivity contribution in [1.29, 1.82) is 0 Å². The van der Waals surface area contributed by atoms with E-state index in [9.17, 15) is 5.11 Å². The van der Waals surface area contributed by atoms with Crippen molar-refractivity contribution in [3.8, 4) is 11.5 Å². The van der Waals surface area contributed by atoms with E-state index in [1.165, 1.54) is 0 Å². The molecule has 3 rings (SSSR count). The number of aliphatic hydroxyl groups is 1. The lowest BCUT2D eigenvalue weighted by atomic mass is 10.2. The summed E-state index contributed by atoms with van der Waals surface area (Å²) >= 11 is 0. The third-order valence-corrected chi connectivity index (χ3v) is 3.85. The summed E-state index contributed by atoms with van der Waals surface area (Å²) in [5.74, 6) is 2.04. The number of hydrogen-bond acceptors (Lipinski definition) is 4. The topological polar surface area (TPSA) is 56.5 Å². The molecule has 0 amide bonds. The van der Waals surface area contributed by atoms with E-state index in [2.05, 4.69) is 4.98 Å². The number of ether oxygens (including phenoxy) is 2. The molecule has 0 spiro atoms. The van der Waals surface area contributed by atoms with Gasteiger partial charge in [-0.3, -0.25) is 0 Å². The Kier molecular flexibility index (Phi) is 4.21. The van der Waals surface area contributed by atoms with Crippen LogP contribution in [0.2, 0.25) is 0 Å². The number of fused-ring (bicyclic) bond motifs is 1. The van der Waals surface area contributed by atoms with Crippen LogP contribution in [0.15, 0.2) is 42.5 Å². The number of aliphatic hydroxyl groups excluding tert-OH is 1. The highest BCUT2D eigenvalue weighted by Gasteiger charge is 2.15. The van der Waals surface area contributed by atoms with Gasteiger partial charge in [0.15, 0.2) is 11.5 Å². The quantitative estimate of drug-likeness (QED) is 0.786. The van der Waals surface area contributed by atoms with Crippen LogP contribution in [-0.4, -0.2) is 28.9 Å². The van der Waals surface area contributed by atoms with Crippen LogP contribution in [0.4, 0.5) is 0 Å². The predicted octanol–water partition coefficient (Wildman–Crippen LogP) is 3.16. The summed E-state index contributed by atoms with van der Waals surface area (Å²) in [6.07, 6.45) is -0.637. The Labute approximate surface area is 135 Å². The third kappa shape index (κ3) is 2.87. The lowest BCUT2D eigenvalue weighted by Crippen LogP contribution is -2.08. The second kappa shape index (κ2) is 6.30. The van der Waals surface area contributed by atoms with E-state index in [-0.39, 0.29) is 0 Å². The molecule has 0 bridgehead atoms. The zero-order valence-electron chi connectivity index (χ0n) is 13.5. The smallest absolute Gasteiger partial charge is 0.161 e. The van der Waals surface area contributed by atoms with Gasteiger partial charge in [0.1, 0.15) is 11.9 Å². The van der Waals surface area contributed by atoms with E-state index in [0.717, 1.165) is 16.6 Å². The molecule has 1 heterocycles. The summed E-state index contributed by atoms with van der Waals surface area (Å²) in [6, 6.07) is 13.7. The van der Waals surface area contributed by atoms with Gasteiger partial charge in [-0.2, -0.15) is 0 Å². The number of imidazole rings is 1. The second-order valence-corrected chi connectivity index (χ2v) is 5.41. The normalized spacial score (nSPS) is 12.3. The molecule has 1 atom stereocenters. The number of methoxy groups -OCH3 is 2. The summed E-state index contributed by atoms with van der Waals surface area (Å²) in [5, 5.41) is 10.0. The van der Waals surface area contributed by atoms with Crippen LogP contribution in [0.3, 0.4) is 0 Å². The number of benzene rings is 2. The number of aromatic nitrogens is 2. The van der Waals surface area contributed by atoms with E-state index in [0.29, 0.717) is 23.9 Å². The van der Waals surface area contributed by atoms with Crippen LogP contribution in [0.1, 0.15) is 24.4 Å². The maximum atomic E-state index is 10.0. The molecule has 0 aliphatic heterocycles. The molecule has 120 valence electrons. The molecule has 0 radical (unpaired) electrons. The van der Waals surface area contributed by atoms with Crippen molar-refractivity contribution in [3.05, 3.63) is 53.9 Å². The standard InChI is InChI=1S/C18H20N2O3/c1-12(21)18-19-14-6-4-5-7-15(14)20(18)11-13-8-9-16(22-2)17(10-13)23-3/h4-10,12,21H,11H2,1-3H3/t12-/m0/s1. The molecule has 0 unspecified atom stereocenters. The van der Waals surface area contributed by atoms with Gasteiger partial charge in [-0.25, -0.2) is 4.98 Å². The predicted molar refractivity (Wildman–Crippen MR) is 89.0 cm³/mol. The Hall–Kier alpha value is -2.53. The Balaban J connectivity index is 2.06. The van der Waals surface area contributed by atoms with Gasteiger partial charge in [0.2, 0.25) is 0 Å². The van der Waals surface area contributed by atoms with Gasteiger partial charge in [-0.1, -0.05) is 18.2 Å². The van der Waals surface area contributed by atoms with Crippen LogP contribution >= 0.6 is 0 Å². The molecule has 0 fully saturated rings. The van der Waals surface area contributed by atoms with E-state index in [4.69, 9.17) is 9.47 Å². The minimum Gasteiger partial charge on any atom is -0.493 e. The van der Waals surface area contributed by atoms with Crippen LogP contribution in [0.5, 0.6) is 11.5 Å².